The molecule has 41 heavy (non-hydrogen) atoms. The van der Waals surface area contributed by atoms with E-state index in [1.54, 1.807) is 6.07 Å². The third kappa shape index (κ3) is 4.84. The fourth-order valence-corrected chi connectivity index (χ4v) is 6.58. The van der Waals surface area contributed by atoms with Crippen molar-refractivity contribution < 1.29 is 14.6 Å². The van der Waals surface area contributed by atoms with Gasteiger partial charge in [0.1, 0.15) is 0 Å². The molecule has 1 N–H and O–H groups in total. The van der Waals surface area contributed by atoms with Gasteiger partial charge in [-0.25, -0.2) is 14.5 Å². The third-order valence-electron chi connectivity index (χ3n) is 9.25. The summed E-state index contributed by atoms with van der Waals surface area (Å²) in [6, 6.07) is 19.1. The van der Waals surface area contributed by atoms with E-state index >= 15 is 0 Å². The largest absolute Gasteiger partial charge is 0.477 e. The molecule has 3 fully saturated rings. The van der Waals surface area contributed by atoms with Crippen LogP contribution in [0.25, 0.3) is 27.8 Å². The summed E-state index contributed by atoms with van der Waals surface area (Å²) in [6.07, 6.45) is 7.83. The number of carboxylic acids is 1. The number of carboxylic acid groups (broad SMARTS) is 1. The van der Waals surface area contributed by atoms with E-state index in [2.05, 4.69) is 59.3 Å². The molecule has 0 bridgehead atoms. The molecule has 8 heteroatoms. The molecule has 2 aromatic heterocycles. The highest BCUT2D eigenvalue weighted by atomic mass is 16.5. The fourth-order valence-electron chi connectivity index (χ4n) is 6.58. The number of benzene rings is 2. The summed E-state index contributed by atoms with van der Waals surface area (Å²) < 4.78 is 7.43. The first-order valence-electron chi connectivity index (χ1n) is 15.0. The van der Waals surface area contributed by atoms with Crippen LogP contribution < -0.4 is 9.80 Å². The Labute approximate surface area is 240 Å². The first kappa shape index (κ1) is 26.0. The maximum absolute atomic E-state index is 12.3. The van der Waals surface area contributed by atoms with Crippen LogP contribution in [0, 0.1) is 0 Å². The topological polar surface area (TPSA) is 83.7 Å². The Hall–Kier alpha value is -3.91. The van der Waals surface area contributed by atoms with Gasteiger partial charge in [0.05, 0.1) is 16.8 Å². The predicted octanol–water partition coefficient (Wildman–Crippen LogP) is 6.27. The van der Waals surface area contributed by atoms with Crippen molar-refractivity contribution in [2.45, 2.75) is 56.9 Å². The summed E-state index contributed by atoms with van der Waals surface area (Å²) in [5.74, 6) is -0.677. The highest BCUT2D eigenvalue weighted by Crippen LogP contribution is 2.43. The zero-order valence-corrected chi connectivity index (χ0v) is 23.6. The lowest BCUT2D eigenvalue weighted by molar-refractivity contribution is 0.0691. The van der Waals surface area contributed by atoms with Crippen LogP contribution in [-0.4, -0.2) is 65.2 Å². The van der Waals surface area contributed by atoms with Gasteiger partial charge in [-0.3, -0.25) is 0 Å². The Morgan fingerprint density at radius 2 is 1.68 bits per heavy atom. The third-order valence-corrected chi connectivity index (χ3v) is 9.25. The number of carbonyl (C=O) groups is 1. The zero-order valence-electron chi connectivity index (χ0n) is 23.6. The molecular formula is C33H37N5O3. The summed E-state index contributed by atoms with van der Waals surface area (Å²) in [7, 11) is 2.15. The van der Waals surface area contributed by atoms with Gasteiger partial charge in [0.15, 0.2) is 11.3 Å². The van der Waals surface area contributed by atoms with Gasteiger partial charge in [-0.15, -0.1) is 0 Å². The van der Waals surface area contributed by atoms with E-state index in [0.29, 0.717) is 17.6 Å². The summed E-state index contributed by atoms with van der Waals surface area (Å²) in [5, 5.41) is 16.2. The number of hydrogen-bond donors (Lipinski definition) is 1. The number of aromatic carboxylic acids is 1. The number of rotatable bonds is 7. The van der Waals surface area contributed by atoms with Crippen LogP contribution >= 0.6 is 0 Å². The smallest absolute Gasteiger partial charge is 0.354 e. The average Bonchev–Trinajstić information content (AvgIpc) is 3.65. The van der Waals surface area contributed by atoms with Gasteiger partial charge in [-0.1, -0.05) is 24.6 Å². The minimum atomic E-state index is -1.03. The molecule has 4 heterocycles. The van der Waals surface area contributed by atoms with E-state index in [0.717, 1.165) is 85.6 Å². The summed E-state index contributed by atoms with van der Waals surface area (Å²) in [5.41, 5.74) is 6.79. The monoisotopic (exact) mass is 551 g/mol. The Bertz CT molecular complexity index is 1560. The highest BCUT2D eigenvalue weighted by molar-refractivity contribution is 6.00. The second-order valence-electron chi connectivity index (χ2n) is 11.7. The molecule has 7 rings (SSSR count). The Morgan fingerprint density at radius 3 is 2.37 bits per heavy atom. The van der Waals surface area contributed by atoms with Crippen molar-refractivity contribution in [1.29, 1.82) is 0 Å². The first-order valence-corrected chi connectivity index (χ1v) is 15.0. The van der Waals surface area contributed by atoms with Crippen LogP contribution in [0.4, 0.5) is 11.4 Å². The molecule has 2 aromatic carbocycles. The lowest BCUT2D eigenvalue weighted by Gasteiger charge is -2.33. The van der Waals surface area contributed by atoms with E-state index in [4.69, 9.17) is 14.8 Å². The van der Waals surface area contributed by atoms with Gasteiger partial charge < -0.3 is 19.6 Å². The van der Waals surface area contributed by atoms with Crippen LogP contribution in [0.3, 0.4) is 0 Å². The lowest BCUT2D eigenvalue weighted by atomic mass is 9.81. The lowest BCUT2D eigenvalue weighted by Crippen LogP contribution is -2.36. The van der Waals surface area contributed by atoms with Gasteiger partial charge in [0, 0.05) is 56.7 Å². The Morgan fingerprint density at radius 1 is 0.951 bits per heavy atom. The van der Waals surface area contributed by atoms with Crippen LogP contribution in [-0.2, 0) is 4.74 Å². The predicted molar refractivity (Wildman–Crippen MR) is 162 cm³/mol. The van der Waals surface area contributed by atoms with Crippen molar-refractivity contribution in [2.75, 3.05) is 43.2 Å². The molecule has 4 aromatic rings. The molecule has 0 spiro atoms. The Kier molecular flexibility index (Phi) is 6.87. The molecule has 0 amide bonds. The summed E-state index contributed by atoms with van der Waals surface area (Å²) in [4.78, 5) is 21.8. The molecule has 212 valence electrons. The van der Waals surface area contributed by atoms with Gasteiger partial charge in [0.25, 0.3) is 0 Å². The van der Waals surface area contributed by atoms with Crippen molar-refractivity contribution in [3.63, 3.8) is 0 Å². The second-order valence-corrected chi connectivity index (χ2v) is 11.7. The van der Waals surface area contributed by atoms with Gasteiger partial charge in [-0.2, -0.15) is 5.10 Å². The average molecular weight is 552 g/mol. The molecule has 8 nitrogen and oxygen atoms in total. The number of nitrogens with zero attached hydrogens (tertiary/aromatic N) is 5. The molecule has 2 aliphatic heterocycles. The van der Waals surface area contributed by atoms with Crippen molar-refractivity contribution in [3.8, 4) is 16.8 Å². The maximum Gasteiger partial charge on any atom is 0.354 e. The number of fused-ring (bicyclic) bond motifs is 1. The van der Waals surface area contributed by atoms with Crippen molar-refractivity contribution in [3.05, 3.63) is 66.0 Å². The summed E-state index contributed by atoms with van der Waals surface area (Å²) in [6.45, 7) is 3.72. The van der Waals surface area contributed by atoms with E-state index in [-0.39, 0.29) is 5.69 Å². The zero-order chi connectivity index (χ0) is 27.9. The Balaban J connectivity index is 1.35. The fraction of sp³-hybridized carbons (Fsp3) is 0.424. The van der Waals surface area contributed by atoms with E-state index in [1.165, 1.54) is 24.9 Å². The first-order chi connectivity index (χ1) is 20.1. The standard InChI is InChI=1S/C33H37N5O3/c1-36(25-14-18-41-19-15-25)24-12-10-22(11-13-24)28-21-29(33(39)40)34-32-30(28)31(23-6-4-7-23)35-38(32)27-9-5-8-26(20-27)37-16-2-3-17-37/h5,8-13,20-21,23,25H,2-4,6-7,14-19H2,1H3,(H,39,40). The molecular weight excluding hydrogens is 514 g/mol. The number of anilines is 2. The molecule has 1 saturated carbocycles. The van der Waals surface area contributed by atoms with Gasteiger partial charge >= 0.3 is 5.97 Å². The van der Waals surface area contributed by atoms with Gasteiger partial charge in [-0.05, 0) is 86.1 Å². The van der Waals surface area contributed by atoms with Crippen LogP contribution in [0.2, 0.25) is 0 Å². The molecule has 1 aliphatic carbocycles. The number of hydrogen-bond acceptors (Lipinski definition) is 6. The minimum Gasteiger partial charge on any atom is -0.477 e. The van der Waals surface area contributed by atoms with E-state index < -0.39 is 5.97 Å². The van der Waals surface area contributed by atoms with Gasteiger partial charge in [0.2, 0.25) is 0 Å². The molecule has 0 unspecified atom stereocenters. The highest BCUT2D eigenvalue weighted by Gasteiger charge is 2.30. The van der Waals surface area contributed by atoms with Crippen molar-refractivity contribution in [1.82, 2.24) is 14.8 Å². The van der Waals surface area contributed by atoms with E-state index in [9.17, 15) is 9.90 Å². The normalized spacial score (nSPS) is 18.1. The molecule has 3 aliphatic rings. The quantitative estimate of drug-likeness (QED) is 0.290. The SMILES string of the molecule is CN(c1ccc(-c2cc(C(=O)O)nc3c2c(C2CCC2)nn3-c2cccc(N3CCCC3)c2)cc1)C1CCOCC1. The van der Waals surface area contributed by atoms with E-state index in [1.807, 2.05) is 10.7 Å². The number of ether oxygens (including phenoxy) is 1. The maximum atomic E-state index is 12.3. The number of aromatic nitrogens is 3. The van der Waals surface area contributed by atoms with Crippen molar-refractivity contribution >= 4 is 28.4 Å². The molecule has 2 saturated heterocycles. The second kappa shape index (κ2) is 10.8. The summed E-state index contributed by atoms with van der Waals surface area (Å²) >= 11 is 0. The van der Waals surface area contributed by atoms with Crippen LogP contribution in [0.1, 0.15) is 67.0 Å². The molecule has 0 atom stereocenters. The van der Waals surface area contributed by atoms with Crippen LogP contribution in [0.15, 0.2) is 54.6 Å². The molecule has 0 radical (unpaired) electrons. The minimum absolute atomic E-state index is 0.0351. The van der Waals surface area contributed by atoms with Crippen LogP contribution in [0.5, 0.6) is 0 Å². The number of pyridine rings is 1. The van der Waals surface area contributed by atoms with Crippen molar-refractivity contribution in [2.24, 2.45) is 0 Å².